The molecule has 0 saturated heterocycles. The van der Waals surface area contributed by atoms with E-state index < -0.39 is 0 Å². The molecule has 2 N–H and O–H groups in total. The van der Waals surface area contributed by atoms with Crippen LogP contribution in [0.2, 0.25) is 0 Å². The molecule has 0 bridgehead atoms. The Balaban J connectivity index is 1.92. The van der Waals surface area contributed by atoms with Crippen molar-refractivity contribution < 1.29 is 4.74 Å². The zero-order valence-corrected chi connectivity index (χ0v) is 11.6. The number of nitrogens with zero attached hydrogens (tertiary/aromatic N) is 1. The summed E-state index contributed by atoms with van der Waals surface area (Å²) in [6.45, 7) is 2.12. The molecule has 1 aromatic heterocycles. The molecule has 2 aromatic carbocycles. The first kappa shape index (κ1) is 12.5. The van der Waals surface area contributed by atoms with Gasteiger partial charge in [-0.25, -0.2) is 0 Å². The molecule has 0 aliphatic rings. The highest BCUT2D eigenvalue weighted by molar-refractivity contribution is 5.91. The average molecular weight is 267 g/mol. The molecule has 0 radical (unpaired) electrons. The highest BCUT2D eigenvalue weighted by Gasteiger charge is 2.12. The van der Waals surface area contributed by atoms with E-state index in [1.807, 2.05) is 36.5 Å². The number of ether oxygens (including phenoxy) is 1. The fourth-order valence-electron chi connectivity index (χ4n) is 2.43. The van der Waals surface area contributed by atoms with Crippen molar-refractivity contribution in [3.05, 3.63) is 54.2 Å². The summed E-state index contributed by atoms with van der Waals surface area (Å²) in [7, 11) is 1.70. The number of methoxy groups -OCH3 is 1. The van der Waals surface area contributed by atoms with Crippen LogP contribution in [0.25, 0.3) is 10.9 Å². The summed E-state index contributed by atoms with van der Waals surface area (Å²) in [5.41, 5.74) is 3.23. The smallest absolute Gasteiger partial charge is 0.124 e. The molecular weight excluding hydrogens is 250 g/mol. The first-order valence-electron chi connectivity index (χ1n) is 6.61. The molecule has 0 aliphatic heterocycles. The summed E-state index contributed by atoms with van der Waals surface area (Å²) in [6.07, 6.45) is 1.84. The number of benzene rings is 2. The number of aromatic amines is 1. The molecule has 0 fully saturated rings. The van der Waals surface area contributed by atoms with Crippen molar-refractivity contribution in [2.24, 2.45) is 0 Å². The van der Waals surface area contributed by atoms with E-state index in [1.165, 1.54) is 0 Å². The van der Waals surface area contributed by atoms with Crippen LogP contribution >= 0.6 is 0 Å². The Hall–Kier alpha value is -2.49. The van der Waals surface area contributed by atoms with E-state index in [0.29, 0.717) is 0 Å². The molecule has 0 amide bonds. The molecule has 0 aliphatic carbocycles. The molecule has 3 aromatic rings. The van der Waals surface area contributed by atoms with Crippen LogP contribution in [0, 0.1) is 0 Å². The average Bonchev–Trinajstić information content (AvgIpc) is 2.96. The maximum atomic E-state index is 5.42. The van der Waals surface area contributed by atoms with Gasteiger partial charge in [0.2, 0.25) is 0 Å². The van der Waals surface area contributed by atoms with Gasteiger partial charge in [0.15, 0.2) is 0 Å². The Morgan fingerprint density at radius 1 is 1.15 bits per heavy atom. The third kappa shape index (κ3) is 2.20. The van der Waals surface area contributed by atoms with Crippen LogP contribution in [-0.4, -0.2) is 17.3 Å². The van der Waals surface area contributed by atoms with Gasteiger partial charge in [-0.3, -0.25) is 5.10 Å². The lowest BCUT2D eigenvalue weighted by Crippen LogP contribution is -2.08. The van der Waals surface area contributed by atoms with Crippen molar-refractivity contribution in [2.45, 2.75) is 13.0 Å². The van der Waals surface area contributed by atoms with E-state index in [2.05, 4.69) is 34.6 Å². The van der Waals surface area contributed by atoms with Crippen LogP contribution in [0.5, 0.6) is 5.75 Å². The normalized spacial score (nSPS) is 12.3. The second-order valence-corrected chi connectivity index (χ2v) is 4.74. The minimum Gasteiger partial charge on any atom is -0.496 e. The van der Waals surface area contributed by atoms with Gasteiger partial charge in [0.1, 0.15) is 5.75 Å². The molecule has 0 spiro atoms. The Morgan fingerprint density at radius 2 is 2.00 bits per heavy atom. The molecule has 1 atom stereocenters. The van der Waals surface area contributed by atoms with Crippen molar-refractivity contribution in [2.75, 3.05) is 12.4 Å². The number of rotatable bonds is 4. The van der Waals surface area contributed by atoms with Crippen molar-refractivity contribution in [3.63, 3.8) is 0 Å². The molecular formula is C16H17N3O. The summed E-state index contributed by atoms with van der Waals surface area (Å²) in [5.74, 6) is 0.895. The molecule has 102 valence electrons. The second-order valence-electron chi connectivity index (χ2n) is 4.74. The monoisotopic (exact) mass is 267 g/mol. The van der Waals surface area contributed by atoms with Crippen molar-refractivity contribution in [1.29, 1.82) is 0 Å². The van der Waals surface area contributed by atoms with Crippen LogP contribution in [-0.2, 0) is 0 Å². The highest BCUT2D eigenvalue weighted by Crippen LogP contribution is 2.30. The van der Waals surface area contributed by atoms with Gasteiger partial charge in [0.25, 0.3) is 0 Å². The van der Waals surface area contributed by atoms with Gasteiger partial charge in [-0.2, -0.15) is 5.10 Å². The molecule has 4 nitrogen and oxygen atoms in total. The van der Waals surface area contributed by atoms with Gasteiger partial charge in [-0.1, -0.05) is 24.3 Å². The first-order chi connectivity index (χ1) is 9.79. The molecule has 1 unspecified atom stereocenters. The summed E-state index contributed by atoms with van der Waals surface area (Å²) in [6, 6.07) is 14.3. The number of hydrogen-bond acceptors (Lipinski definition) is 3. The Morgan fingerprint density at radius 3 is 2.85 bits per heavy atom. The lowest BCUT2D eigenvalue weighted by Gasteiger charge is -2.18. The Labute approximate surface area is 117 Å². The molecule has 3 rings (SSSR count). The van der Waals surface area contributed by atoms with Gasteiger partial charge in [0, 0.05) is 16.6 Å². The van der Waals surface area contributed by atoms with Crippen LogP contribution in [0.4, 0.5) is 5.69 Å². The zero-order valence-electron chi connectivity index (χ0n) is 11.6. The third-order valence-electron chi connectivity index (χ3n) is 3.46. The molecule has 20 heavy (non-hydrogen) atoms. The van der Waals surface area contributed by atoms with Crippen molar-refractivity contribution in [3.8, 4) is 5.75 Å². The minimum absolute atomic E-state index is 0.145. The lowest BCUT2D eigenvalue weighted by molar-refractivity contribution is 0.408. The fourth-order valence-corrected chi connectivity index (χ4v) is 2.43. The number of nitrogens with one attached hydrogen (secondary N) is 2. The lowest BCUT2D eigenvalue weighted by atomic mass is 10.1. The number of para-hydroxylation sites is 1. The summed E-state index contributed by atoms with van der Waals surface area (Å²) in [5, 5.41) is 11.7. The Kier molecular flexibility index (Phi) is 3.29. The predicted molar refractivity (Wildman–Crippen MR) is 81.1 cm³/mol. The maximum Gasteiger partial charge on any atom is 0.124 e. The van der Waals surface area contributed by atoms with Crippen LogP contribution in [0.3, 0.4) is 0 Å². The van der Waals surface area contributed by atoms with E-state index in [9.17, 15) is 0 Å². The number of anilines is 1. The largest absolute Gasteiger partial charge is 0.496 e. The van der Waals surface area contributed by atoms with Crippen LogP contribution in [0.15, 0.2) is 48.7 Å². The highest BCUT2D eigenvalue weighted by atomic mass is 16.5. The summed E-state index contributed by atoms with van der Waals surface area (Å²) < 4.78 is 5.42. The second kappa shape index (κ2) is 5.25. The van der Waals surface area contributed by atoms with Gasteiger partial charge >= 0.3 is 0 Å². The van der Waals surface area contributed by atoms with Crippen molar-refractivity contribution in [1.82, 2.24) is 10.2 Å². The topological polar surface area (TPSA) is 49.9 Å². The number of hydrogen-bond donors (Lipinski definition) is 2. The molecule has 0 saturated carbocycles. The predicted octanol–water partition coefficient (Wildman–Crippen LogP) is 3.74. The van der Waals surface area contributed by atoms with E-state index in [1.54, 1.807) is 7.11 Å². The zero-order chi connectivity index (χ0) is 13.9. The third-order valence-corrected chi connectivity index (χ3v) is 3.46. The fraction of sp³-hybridized carbons (Fsp3) is 0.188. The maximum absolute atomic E-state index is 5.42. The standard InChI is InChI=1S/C16H17N3O/c1-11(12-6-3-4-9-16(12)20-2)18-14-7-5-8-15-13(14)10-17-19-15/h3-11,18H,1-2H3,(H,17,19). The van der Waals surface area contributed by atoms with Crippen LogP contribution < -0.4 is 10.1 Å². The van der Waals surface area contributed by atoms with Gasteiger partial charge in [-0.15, -0.1) is 0 Å². The SMILES string of the molecule is COc1ccccc1C(C)Nc1cccc2[nH]ncc12. The minimum atomic E-state index is 0.145. The molecule has 1 heterocycles. The summed E-state index contributed by atoms with van der Waals surface area (Å²) in [4.78, 5) is 0. The summed E-state index contributed by atoms with van der Waals surface area (Å²) >= 11 is 0. The van der Waals surface area contributed by atoms with Crippen LogP contribution in [0.1, 0.15) is 18.5 Å². The quantitative estimate of drug-likeness (QED) is 0.757. The Bertz CT molecular complexity index is 720. The van der Waals surface area contributed by atoms with Crippen molar-refractivity contribution >= 4 is 16.6 Å². The van der Waals surface area contributed by atoms with E-state index in [-0.39, 0.29) is 6.04 Å². The van der Waals surface area contributed by atoms with E-state index >= 15 is 0 Å². The van der Waals surface area contributed by atoms with Gasteiger partial charge in [0.05, 0.1) is 24.9 Å². The van der Waals surface area contributed by atoms with Gasteiger partial charge < -0.3 is 10.1 Å². The number of H-pyrrole nitrogens is 1. The number of fused-ring (bicyclic) bond motifs is 1. The van der Waals surface area contributed by atoms with E-state index in [4.69, 9.17) is 4.74 Å². The van der Waals surface area contributed by atoms with E-state index in [0.717, 1.165) is 27.9 Å². The number of aromatic nitrogens is 2. The molecule has 4 heteroatoms. The van der Waals surface area contributed by atoms with Gasteiger partial charge in [-0.05, 0) is 25.1 Å². The first-order valence-corrected chi connectivity index (χ1v) is 6.61.